The molecule has 1 N–H and O–H groups in total. The summed E-state index contributed by atoms with van der Waals surface area (Å²) >= 11 is 5.04. The molecule has 6 heteroatoms. The van der Waals surface area contributed by atoms with Crippen LogP contribution in [0.3, 0.4) is 0 Å². The molecule has 1 aliphatic heterocycles. The van der Waals surface area contributed by atoms with Gasteiger partial charge in [-0.1, -0.05) is 0 Å². The Morgan fingerprint density at radius 2 is 2.47 bits per heavy atom. The largest absolute Gasteiger partial charge is 0.376 e. The fourth-order valence-corrected chi connectivity index (χ4v) is 3.47. The van der Waals surface area contributed by atoms with Crippen LogP contribution in [-0.4, -0.2) is 37.2 Å². The lowest BCUT2D eigenvalue weighted by Gasteiger charge is -2.27. The number of hydrogen-bond donors (Lipinski definition) is 1. The van der Waals surface area contributed by atoms with Gasteiger partial charge >= 0.3 is 6.03 Å². The van der Waals surface area contributed by atoms with Crippen LogP contribution in [0.15, 0.2) is 15.9 Å². The van der Waals surface area contributed by atoms with Gasteiger partial charge in [0.25, 0.3) is 0 Å². The van der Waals surface area contributed by atoms with Crippen molar-refractivity contribution in [3.05, 3.63) is 20.8 Å². The van der Waals surface area contributed by atoms with Crippen molar-refractivity contribution in [1.82, 2.24) is 10.2 Å². The maximum Gasteiger partial charge on any atom is 0.317 e. The van der Waals surface area contributed by atoms with E-state index in [9.17, 15) is 4.79 Å². The van der Waals surface area contributed by atoms with Crippen LogP contribution < -0.4 is 5.32 Å². The highest BCUT2D eigenvalue weighted by Gasteiger charge is 2.18. The summed E-state index contributed by atoms with van der Waals surface area (Å²) in [6.45, 7) is 2.06. The van der Waals surface area contributed by atoms with Gasteiger partial charge in [-0.25, -0.2) is 4.79 Å². The molecule has 2 rings (SSSR count). The molecule has 0 aliphatic carbocycles. The van der Waals surface area contributed by atoms with Crippen molar-refractivity contribution in [2.75, 3.05) is 20.2 Å². The maximum atomic E-state index is 11.9. The highest BCUT2D eigenvalue weighted by molar-refractivity contribution is 9.10. The summed E-state index contributed by atoms with van der Waals surface area (Å²) in [4.78, 5) is 14.8. The Labute approximate surface area is 126 Å². The number of nitrogens with zero attached hydrogens (tertiary/aromatic N) is 1. The van der Waals surface area contributed by atoms with Gasteiger partial charge in [-0.3, -0.25) is 0 Å². The van der Waals surface area contributed by atoms with Gasteiger partial charge in [0.2, 0.25) is 0 Å². The highest BCUT2D eigenvalue weighted by Crippen LogP contribution is 2.19. The van der Waals surface area contributed by atoms with Crippen molar-refractivity contribution >= 4 is 33.3 Å². The molecule has 0 saturated carbocycles. The van der Waals surface area contributed by atoms with Gasteiger partial charge in [-0.15, -0.1) is 11.3 Å². The third-order valence-electron chi connectivity index (χ3n) is 3.13. The van der Waals surface area contributed by atoms with E-state index in [2.05, 4.69) is 21.2 Å². The molecular formula is C13H19BrN2O2S. The van der Waals surface area contributed by atoms with Crippen LogP contribution in [0.5, 0.6) is 0 Å². The molecule has 1 aromatic heterocycles. The van der Waals surface area contributed by atoms with E-state index < -0.39 is 0 Å². The quantitative estimate of drug-likeness (QED) is 0.909. The predicted molar refractivity (Wildman–Crippen MR) is 80.5 cm³/mol. The average molecular weight is 347 g/mol. The van der Waals surface area contributed by atoms with Gasteiger partial charge in [0.1, 0.15) is 0 Å². The molecule has 106 valence electrons. The van der Waals surface area contributed by atoms with Crippen molar-refractivity contribution in [2.24, 2.45) is 0 Å². The summed E-state index contributed by atoms with van der Waals surface area (Å²) in [6.07, 6.45) is 3.58. The zero-order valence-corrected chi connectivity index (χ0v) is 13.4. The Kier molecular flexibility index (Phi) is 5.66. The summed E-state index contributed by atoms with van der Waals surface area (Å²) in [5.41, 5.74) is 0. The molecule has 2 amide bonds. The number of carbonyl (C=O) groups excluding carboxylic acids is 1. The molecule has 0 bridgehead atoms. The molecule has 1 aliphatic rings. The van der Waals surface area contributed by atoms with Crippen LogP contribution in [0.25, 0.3) is 0 Å². The average Bonchev–Trinajstić information content (AvgIpc) is 2.83. The van der Waals surface area contributed by atoms with E-state index in [0.717, 1.165) is 28.8 Å². The van der Waals surface area contributed by atoms with E-state index in [1.54, 1.807) is 16.2 Å². The molecule has 19 heavy (non-hydrogen) atoms. The predicted octanol–water partition coefficient (Wildman–Crippen LogP) is 3.22. The van der Waals surface area contributed by atoms with E-state index in [0.29, 0.717) is 13.1 Å². The first-order valence-corrected chi connectivity index (χ1v) is 8.16. The Balaban J connectivity index is 1.72. The van der Waals surface area contributed by atoms with Gasteiger partial charge in [-0.2, -0.15) is 0 Å². The minimum atomic E-state index is -0.0429. The molecule has 1 fully saturated rings. The number of hydrogen-bond acceptors (Lipinski definition) is 3. The maximum absolute atomic E-state index is 11.9. The zero-order valence-electron chi connectivity index (χ0n) is 11.0. The number of thiophene rings is 1. The fraction of sp³-hybridized carbons (Fsp3) is 0.615. The monoisotopic (exact) mass is 346 g/mol. The smallest absolute Gasteiger partial charge is 0.317 e. The summed E-state index contributed by atoms with van der Waals surface area (Å²) < 4.78 is 6.70. The lowest BCUT2D eigenvalue weighted by molar-refractivity contribution is 0.00385. The van der Waals surface area contributed by atoms with Crippen LogP contribution in [0, 0.1) is 0 Å². The second kappa shape index (κ2) is 7.26. The van der Waals surface area contributed by atoms with E-state index in [1.807, 2.05) is 18.5 Å². The van der Waals surface area contributed by atoms with Gasteiger partial charge in [-0.05, 0) is 41.3 Å². The molecule has 1 aromatic rings. The molecule has 0 spiro atoms. The minimum absolute atomic E-state index is 0.0429. The van der Waals surface area contributed by atoms with Crippen molar-refractivity contribution in [2.45, 2.75) is 31.9 Å². The normalized spacial score (nSPS) is 19.2. The van der Waals surface area contributed by atoms with Crippen molar-refractivity contribution in [3.8, 4) is 0 Å². The summed E-state index contributed by atoms with van der Waals surface area (Å²) in [6, 6.07) is 1.98. The number of nitrogens with one attached hydrogen (secondary N) is 1. The molecule has 1 saturated heterocycles. The zero-order chi connectivity index (χ0) is 13.7. The van der Waals surface area contributed by atoms with Crippen LogP contribution in [0.2, 0.25) is 0 Å². The van der Waals surface area contributed by atoms with E-state index in [-0.39, 0.29) is 12.1 Å². The Bertz CT molecular complexity index is 419. The molecule has 0 radical (unpaired) electrons. The molecule has 2 heterocycles. The third kappa shape index (κ3) is 4.78. The Morgan fingerprint density at radius 3 is 3.11 bits per heavy atom. The molecule has 1 atom stereocenters. The molecular weight excluding hydrogens is 328 g/mol. The second-order valence-corrected chi connectivity index (χ2v) is 6.67. The van der Waals surface area contributed by atoms with Crippen LogP contribution in [0.4, 0.5) is 4.79 Å². The topological polar surface area (TPSA) is 41.6 Å². The number of ether oxygens (including phenoxy) is 1. The Morgan fingerprint density at radius 1 is 1.63 bits per heavy atom. The minimum Gasteiger partial charge on any atom is -0.376 e. The number of carbonyl (C=O) groups is 1. The highest BCUT2D eigenvalue weighted by atomic mass is 79.9. The summed E-state index contributed by atoms with van der Waals surface area (Å²) in [5.74, 6) is 0. The summed E-state index contributed by atoms with van der Waals surface area (Å²) in [5, 5.41) is 4.94. The molecule has 0 aromatic carbocycles. The van der Waals surface area contributed by atoms with Gasteiger partial charge in [0.15, 0.2) is 0 Å². The number of halogens is 1. The second-order valence-electron chi connectivity index (χ2n) is 4.76. The first kappa shape index (κ1) is 14.8. The SMILES string of the molecule is CN(CC1CCCCO1)C(=O)NCc1cc(Br)cs1. The first-order chi connectivity index (χ1) is 9.15. The van der Waals surface area contributed by atoms with Crippen LogP contribution in [0.1, 0.15) is 24.1 Å². The Hall–Kier alpha value is -0.590. The van der Waals surface area contributed by atoms with Crippen LogP contribution in [-0.2, 0) is 11.3 Å². The fourth-order valence-electron chi connectivity index (χ4n) is 2.08. The lowest BCUT2D eigenvalue weighted by Crippen LogP contribution is -2.42. The number of amides is 2. The van der Waals surface area contributed by atoms with Gasteiger partial charge in [0.05, 0.1) is 12.6 Å². The van der Waals surface area contributed by atoms with Gasteiger partial charge < -0.3 is 15.0 Å². The van der Waals surface area contributed by atoms with E-state index >= 15 is 0 Å². The molecule has 1 unspecified atom stereocenters. The molecule has 4 nitrogen and oxygen atoms in total. The lowest BCUT2D eigenvalue weighted by atomic mass is 10.1. The standard InChI is InChI=1S/C13H19BrN2O2S/c1-16(8-11-4-2-3-5-18-11)13(17)15-7-12-6-10(14)9-19-12/h6,9,11H,2-5,7-8H2,1H3,(H,15,17). The van der Waals surface area contributed by atoms with Gasteiger partial charge in [0, 0.05) is 34.9 Å². The number of rotatable bonds is 4. The van der Waals surface area contributed by atoms with Crippen molar-refractivity contribution in [3.63, 3.8) is 0 Å². The van der Waals surface area contributed by atoms with E-state index in [1.165, 1.54) is 6.42 Å². The number of urea groups is 1. The third-order valence-corrected chi connectivity index (χ3v) is 4.83. The van der Waals surface area contributed by atoms with Crippen molar-refractivity contribution in [1.29, 1.82) is 0 Å². The first-order valence-electron chi connectivity index (χ1n) is 6.48. The summed E-state index contributed by atoms with van der Waals surface area (Å²) in [7, 11) is 1.82. The van der Waals surface area contributed by atoms with Crippen molar-refractivity contribution < 1.29 is 9.53 Å². The van der Waals surface area contributed by atoms with E-state index in [4.69, 9.17) is 4.74 Å². The number of likely N-dealkylation sites (N-methyl/N-ethyl adjacent to an activating group) is 1. The van der Waals surface area contributed by atoms with Crippen LogP contribution >= 0.6 is 27.3 Å².